The highest BCUT2D eigenvalue weighted by Crippen LogP contribution is 2.16. The van der Waals surface area contributed by atoms with E-state index in [2.05, 4.69) is 27.4 Å². The van der Waals surface area contributed by atoms with Gasteiger partial charge < -0.3 is 5.32 Å². The fourth-order valence-electron chi connectivity index (χ4n) is 1.86. The summed E-state index contributed by atoms with van der Waals surface area (Å²) in [5.41, 5.74) is 2.29. The topological polar surface area (TPSA) is 50.7 Å². The Balaban J connectivity index is 2.13. The quantitative estimate of drug-likeness (QED) is 0.798. The third kappa shape index (κ3) is 2.50. The summed E-state index contributed by atoms with van der Waals surface area (Å²) in [4.78, 5) is 4.59. The summed E-state index contributed by atoms with van der Waals surface area (Å²) < 4.78 is 0. The second-order valence-corrected chi connectivity index (χ2v) is 4.22. The number of hydrogen-bond donors (Lipinski definition) is 1. The molecular weight excluding hydrogens is 188 g/mol. The van der Waals surface area contributed by atoms with Gasteiger partial charge in [-0.1, -0.05) is 0 Å². The van der Waals surface area contributed by atoms with Crippen LogP contribution >= 0.6 is 0 Å². The Kier molecular flexibility index (Phi) is 3.26. The summed E-state index contributed by atoms with van der Waals surface area (Å²) in [6, 6.07) is 0.411. The summed E-state index contributed by atoms with van der Waals surface area (Å²) >= 11 is 0. The minimum atomic E-state index is 0.411. The normalized spacial score (nSPS) is 17.2. The number of rotatable bonds is 3. The minimum Gasteiger partial charge on any atom is -0.317 e. The lowest BCUT2D eigenvalue weighted by molar-refractivity contribution is 0.564. The number of nitrogens with one attached hydrogen (secondary N) is 1. The van der Waals surface area contributed by atoms with Gasteiger partial charge in [0.15, 0.2) is 5.82 Å². The number of aromatic nitrogens is 3. The Morgan fingerprint density at radius 2 is 1.93 bits per heavy atom. The maximum absolute atomic E-state index is 4.59. The Bertz CT molecular complexity index is 337. The van der Waals surface area contributed by atoms with Crippen LogP contribution in [0.5, 0.6) is 0 Å². The Morgan fingerprint density at radius 1 is 1.20 bits per heavy atom. The molecule has 0 bridgehead atoms. The van der Waals surface area contributed by atoms with Gasteiger partial charge in [0, 0.05) is 12.5 Å². The van der Waals surface area contributed by atoms with E-state index < -0.39 is 0 Å². The van der Waals surface area contributed by atoms with Crippen LogP contribution in [-0.2, 0) is 19.3 Å². The van der Waals surface area contributed by atoms with Crippen molar-refractivity contribution in [1.82, 2.24) is 20.5 Å². The van der Waals surface area contributed by atoms with Crippen LogP contribution in [0.2, 0.25) is 0 Å². The molecule has 2 rings (SSSR count). The SMILES string of the molecule is CNC(C)Cc1nnc2c(n1)CCCC2. The summed E-state index contributed by atoms with van der Waals surface area (Å²) in [6.07, 6.45) is 5.46. The summed E-state index contributed by atoms with van der Waals surface area (Å²) in [7, 11) is 1.95. The first kappa shape index (κ1) is 10.5. The van der Waals surface area contributed by atoms with Crippen LogP contribution in [0, 0.1) is 0 Å². The van der Waals surface area contributed by atoms with E-state index in [1.54, 1.807) is 0 Å². The molecule has 0 fully saturated rings. The van der Waals surface area contributed by atoms with Crippen molar-refractivity contribution in [2.45, 2.75) is 45.1 Å². The molecule has 1 atom stereocenters. The first-order chi connectivity index (χ1) is 7.29. The Labute approximate surface area is 90.5 Å². The maximum atomic E-state index is 4.59. The van der Waals surface area contributed by atoms with Gasteiger partial charge in [0.1, 0.15) is 0 Å². The van der Waals surface area contributed by atoms with Gasteiger partial charge in [0.2, 0.25) is 0 Å². The highest BCUT2D eigenvalue weighted by atomic mass is 15.2. The lowest BCUT2D eigenvalue weighted by Gasteiger charge is -2.14. The van der Waals surface area contributed by atoms with E-state index in [4.69, 9.17) is 0 Å². The molecule has 1 aromatic rings. The van der Waals surface area contributed by atoms with Crippen LogP contribution < -0.4 is 5.32 Å². The average molecular weight is 206 g/mol. The van der Waals surface area contributed by atoms with E-state index >= 15 is 0 Å². The van der Waals surface area contributed by atoms with E-state index in [0.29, 0.717) is 6.04 Å². The fraction of sp³-hybridized carbons (Fsp3) is 0.727. The molecule has 1 heterocycles. The molecule has 1 N–H and O–H groups in total. The molecule has 1 aliphatic rings. The number of hydrogen-bond acceptors (Lipinski definition) is 4. The van der Waals surface area contributed by atoms with E-state index in [0.717, 1.165) is 30.8 Å². The molecule has 0 aliphatic heterocycles. The third-order valence-electron chi connectivity index (χ3n) is 2.94. The van der Waals surface area contributed by atoms with Crippen molar-refractivity contribution >= 4 is 0 Å². The number of fused-ring (bicyclic) bond motifs is 1. The number of nitrogens with zero attached hydrogens (tertiary/aromatic N) is 3. The summed E-state index contributed by atoms with van der Waals surface area (Å²) in [5.74, 6) is 0.873. The molecular formula is C11H18N4. The molecule has 0 saturated carbocycles. The second-order valence-electron chi connectivity index (χ2n) is 4.22. The molecule has 0 saturated heterocycles. The highest BCUT2D eigenvalue weighted by molar-refractivity contribution is 5.13. The predicted molar refractivity (Wildman–Crippen MR) is 58.7 cm³/mol. The van der Waals surface area contributed by atoms with Crippen LogP contribution in [0.3, 0.4) is 0 Å². The zero-order valence-corrected chi connectivity index (χ0v) is 9.45. The maximum Gasteiger partial charge on any atom is 0.152 e. The zero-order valence-electron chi connectivity index (χ0n) is 9.45. The summed E-state index contributed by atoms with van der Waals surface area (Å²) in [5, 5.41) is 11.6. The molecule has 15 heavy (non-hydrogen) atoms. The largest absolute Gasteiger partial charge is 0.317 e. The standard InChI is InChI=1S/C11H18N4/c1-8(12-2)7-11-13-9-5-3-4-6-10(9)14-15-11/h8,12H,3-7H2,1-2H3. The molecule has 0 aromatic carbocycles. The monoisotopic (exact) mass is 206 g/mol. The number of aryl methyl sites for hydroxylation is 2. The molecule has 0 radical (unpaired) electrons. The Morgan fingerprint density at radius 3 is 2.67 bits per heavy atom. The lowest BCUT2D eigenvalue weighted by atomic mass is 10.0. The van der Waals surface area contributed by atoms with E-state index in [9.17, 15) is 0 Å². The number of likely N-dealkylation sites (N-methyl/N-ethyl adjacent to an activating group) is 1. The predicted octanol–water partition coefficient (Wildman–Crippen LogP) is 0.901. The van der Waals surface area contributed by atoms with E-state index in [1.165, 1.54) is 18.5 Å². The average Bonchev–Trinajstić information content (AvgIpc) is 2.29. The van der Waals surface area contributed by atoms with Gasteiger partial charge in [0.25, 0.3) is 0 Å². The summed E-state index contributed by atoms with van der Waals surface area (Å²) in [6.45, 7) is 2.13. The first-order valence-corrected chi connectivity index (χ1v) is 5.68. The van der Waals surface area contributed by atoms with Crippen molar-refractivity contribution in [2.75, 3.05) is 7.05 Å². The van der Waals surface area contributed by atoms with Gasteiger partial charge in [-0.15, -0.1) is 5.10 Å². The molecule has 1 unspecified atom stereocenters. The van der Waals surface area contributed by atoms with Crippen molar-refractivity contribution in [3.05, 3.63) is 17.2 Å². The second kappa shape index (κ2) is 4.66. The molecule has 1 aromatic heterocycles. The van der Waals surface area contributed by atoms with Crippen LogP contribution in [-0.4, -0.2) is 28.3 Å². The van der Waals surface area contributed by atoms with Crippen molar-refractivity contribution in [3.63, 3.8) is 0 Å². The van der Waals surface area contributed by atoms with E-state index in [-0.39, 0.29) is 0 Å². The van der Waals surface area contributed by atoms with Crippen LogP contribution in [0.4, 0.5) is 0 Å². The van der Waals surface area contributed by atoms with Crippen molar-refractivity contribution in [3.8, 4) is 0 Å². The van der Waals surface area contributed by atoms with E-state index in [1.807, 2.05) is 7.05 Å². The molecule has 4 nitrogen and oxygen atoms in total. The van der Waals surface area contributed by atoms with Crippen molar-refractivity contribution in [2.24, 2.45) is 0 Å². The highest BCUT2D eigenvalue weighted by Gasteiger charge is 2.14. The van der Waals surface area contributed by atoms with Gasteiger partial charge in [-0.3, -0.25) is 0 Å². The van der Waals surface area contributed by atoms with Gasteiger partial charge in [-0.2, -0.15) is 5.10 Å². The minimum absolute atomic E-state index is 0.411. The molecule has 82 valence electrons. The lowest BCUT2D eigenvalue weighted by Crippen LogP contribution is -2.25. The molecule has 0 amide bonds. The van der Waals surface area contributed by atoms with Gasteiger partial charge in [0.05, 0.1) is 11.4 Å². The van der Waals surface area contributed by atoms with Crippen LogP contribution in [0.1, 0.15) is 37.0 Å². The Hall–Kier alpha value is -1.03. The molecule has 4 heteroatoms. The van der Waals surface area contributed by atoms with Crippen LogP contribution in [0.15, 0.2) is 0 Å². The first-order valence-electron chi connectivity index (χ1n) is 5.68. The van der Waals surface area contributed by atoms with Crippen LogP contribution in [0.25, 0.3) is 0 Å². The third-order valence-corrected chi connectivity index (χ3v) is 2.94. The zero-order chi connectivity index (χ0) is 10.7. The smallest absolute Gasteiger partial charge is 0.152 e. The molecule has 0 spiro atoms. The van der Waals surface area contributed by atoms with Crippen molar-refractivity contribution < 1.29 is 0 Å². The molecule has 1 aliphatic carbocycles. The van der Waals surface area contributed by atoms with Gasteiger partial charge in [-0.05, 0) is 39.7 Å². The van der Waals surface area contributed by atoms with Gasteiger partial charge in [-0.25, -0.2) is 4.98 Å². The van der Waals surface area contributed by atoms with Gasteiger partial charge >= 0.3 is 0 Å². The van der Waals surface area contributed by atoms with Crippen molar-refractivity contribution in [1.29, 1.82) is 0 Å². The fourth-order valence-corrected chi connectivity index (χ4v) is 1.86.